The van der Waals surface area contributed by atoms with E-state index in [1.165, 1.54) is 19.3 Å². The van der Waals surface area contributed by atoms with E-state index < -0.39 is 0 Å². The molecular formula is C15H26N4O. The highest BCUT2D eigenvalue weighted by atomic mass is 16.2. The first-order chi connectivity index (χ1) is 9.65. The van der Waals surface area contributed by atoms with Crippen LogP contribution in [-0.2, 0) is 7.05 Å². The van der Waals surface area contributed by atoms with Crippen LogP contribution in [0.3, 0.4) is 0 Å². The van der Waals surface area contributed by atoms with Gasteiger partial charge in [0.1, 0.15) is 0 Å². The van der Waals surface area contributed by atoms with Crippen LogP contribution < -0.4 is 5.73 Å². The van der Waals surface area contributed by atoms with Gasteiger partial charge in [-0.15, -0.1) is 0 Å². The predicted octanol–water partition coefficient (Wildman–Crippen LogP) is 1.85. The van der Waals surface area contributed by atoms with Crippen LogP contribution >= 0.6 is 0 Å². The molecule has 2 N–H and O–H groups in total. The van der Waals surface area contributed by atoms with Gasteiger partial charge in [0.05, 0.1) is 11.8 Å². The summed E-state index contributed by atoms with van der Waals surface area (Å²) >= 11 is 0. The zero-order valence-electron chi connectivity index (χ0n) is 12.6. The summed E-state index contributed by atoms with van der Waals surface area (Å²) in [7, 11) is 1.87. The Morgan fingerprint density at radius 2 is 2.15 bits per heavy atom. The van der Waals surface area contributed by atoms with Crippen molar-refractivity contribution in [1.82, 2.24) is 14.7 Å². The van der Waals surface area contributed by atoms with Crippen LogP contribution in [0, 0.1) is 6.92 Å². The third-order valence-corrected chi connectivity index (χ3v) is 4.35. The third-order valence-electron chi connectivity index (χ3n) is 4.35. The molecule has 0 atom stereocenters. The Labute approximate surface area is 121 Å². The van der Waals surface area contributed by atoms with Crippen LogP contribution in [0.4, 0.5) is 0 Å². The lowest BCUT2D eigenvalue weighted by molar-refractivity contribution is 0.0632. The van der Waals surface area contributed by atoms with Gasteiger partial charge in [0, 0.05) is 25.3 Å². The molecule has 0 spiro atoms. The van der Waals surface area contributed by atoms with E-state index in [1.54, 1.807) is 10.9 Å². The standard InChI is InChI=1S/C15H26N4O/c1-12-14(11-17-18(12)2)15(20)19(10-6-9-16)13-7-4-3-5-8-13/h11,13H,3-10,16H2,1-2H3. The first-order valence-electron chi connectivity index (χ1n) is 7.64. The summed E-state index contributed by atoms with van der Waals surface area (Å²) in [5.41, 5.74) is 7.29. The number of hydrogen-bond acceptors (Lipinski definition) is 3. The van der Waals surface area contributed by atoms with E-state index in [1.807, 2.05) is 18.9 Å². The average molecular weight is 278 g/mol. The molecule has 1 aliphatic carbocycles. The Balaban J connectivity index is 2.16. The molecule has 5 nitrogen and oxygen atoms in total. The van der Waals surface area contributed by atoms with E-state index >= 15 is 0 Å². The molecule has 1 aromatic rings. The Hall–Kier alpha value is -1.36. The maximum Gasteiger partial charge on any atom is 0.257 e. The van der Waals surface area contributed by atoms with Gasteiger partial charge in [-0.25, -0.2) is 0 Å². The van der Waals surface area contributed by atoms with E-state index in [-0.39, 0.29) is 5.91 Å². The first kappa shape index (κ1) is 15.0. The molecule has 0 saturated heterocycles. The van der Waals surface area contributed by atoms with Crippen LogP contribution in [0.5, 0.6) is 0 Å². The number of hydrogen-bond donors (Lipinski definition) is 1. The van der Waals surface area contributed by atoms with Gasteiger partial charge in [-0.1, -0.05) is 19.3 Å². The second-order valence-corrected chi connectivity index (χ2v) is 5.70. The molecule has 2 rings (SSSR count). The van der Waals surface area contributed by atoms with Crippen molar-refractivity contribution < 1.29 is 4.79 Å². The summed E-state index contributed by atoms with van der Waals surface area (Å²) in [6, 6.07) is 0.377. The van der Waals surface area contributed by atoms with Crippen molar-refractivity contribution in [3.05, 3.63) is 17.5 Å². The number of nitrogens with zero attached hydrogens (tertiary/aromatic N) is 3. The Bertz CT molecular complexity index is 449. The van der Waals surface area contributed by atoms with Crippen molar-refractivity contribution in [3.63, 3.8) is 0 Å². The molecule has 20 heavy (non-hydrogen) atoms. The molecular weight excluding hydrogens is 252 g/mol. The average Bonchev–Trinajstić information content (AvgIpc) is 2.80. The highest BCUT2D eigenvalue weighted by Gasteiger charge is 2.27. The second-order valence-electron chi connectivity index (χ2n) is 5.70. The lowest BCUT2D eigenvalue weighted by Crippen LogP contribution is -2.42. The largest absolute Gasteiger partial charge is 0.336 e. The fourth-order valence-corrected chi connectivity index (χ4v) is 2.97. The van der Waals surface area contributed by atoms with Gasteiger partial charge in [-0.2, -0.15) is 5.10 Å². The van der Waals surface area contributed by atoms with Crippen molar-refractivity contribution in [2.75, 3.05) is 13.1 Å². The summed E-state index contributed by atoms with van der Waals surface area (Å²) in [5.74, 6) is 0.121. The number of rotatable bonds is 5. The minimum atomic E-state index is 0.121. The van der Waals surface area contributed by atoms with Crippen molar-refractivity contribution >= 4 is 5.91 Å². The number of carbonyl (C=O) groups excluding carboxylic acids is 1. The van der Waals surface area contributed by atoms with Crippen LogP contribution in [-0.4, -0.2) is 39.7 Å². The fraction of sp³-hybridized carbons (Fsp3) is 0.733. The molecule has 0 aromatic carbocycles. The van der Waals surface area contributed by atoms with Gasteiger partial charge in [-0.3, -0.25) is 9.48 Å². The molecule has 1 heterocycles. The molecule has 5 heteroatoms. The highest BCUT2D eigenvalue weighted by molar-refractivity contribution is 5.95. The van der Waals surface area contributed by atoms with E-state index in [2.05, 4.69) is 5.10 Å². The zero-order valence-corrected chi connectivity index (χ0v) is 12.6. The number of aryl methyl sites for hydroxylation is 1. The Kier molecular flexibility index (Phi) is 5.17. The van der Waals surface area contributed by atoms with E-state index in [0.717, 1.165) is 37.1 Å². The molecule has 1 saturated carbocycles. The lowest BCUT2D eigenvalue weighted by Gasteiger charge is -2.34. The van der Waals surface area contributed by atoms with Gasteiger partial charge in [-0.05, 0) is 32.7 Å². The zero-order chi connectivity index (χ0) is 14.5. The van der Waals surface area contributed by atoms with Crippen LogP contribution in [0.1, 0.15) is 54.6 Å². The van der Waals surface area contributed by atoms with E-state index in [4.69, 9.17) is 5.73 Å². The van der Waals surface area contributed by atoms with Crippen LogP contribution in [0.2, 0.25) is 0 Å². The van der Waals surface area contributed by atoms with Crippen LogP contribution in [0.25, 0.3) is 0 Å². The number of nitrogens with two attached hydrogens (primary N) is 1. The van der Waals surface area contributed by atoms with Gasteiger partial charge >= 0.3 is 0 Å². The SMILES string of the molecule is Cc1c(C(=O)N(CCCN)C2CCCCC2)cnn1C. The maximum atomic E-state index is 12.8. The van der Waals surface area contributed by atoms with Gasteiger partial charge < -0.3 is 10.6 Å². The molecule has 0 bridgehead atoms. The number of carbonyl (C=O) groups is 1. The summed E-state index contributed by atoms with van der Waals surface area (Å²) in [5, 5.41) is 4.19. The van der Waals surface area contributed by atoms with Crippen LogP contribution in [0.15, 0.2) is 6.20 Å². The molecule has 0 aliphatic heterocycles. The summed E-state index contributed by atoms with van der Waals surface area (Å²) in [4.78, 5) is 14.9. The Morgan fingerprint density at radius 1 is 1.45 bits per heavy atom. The quantitative estimate of drug-likeness (QED) is 0.894. The minimum Gasteiger partial charge on any atom is -0.336 e. The lowest BCUT2D eigenvalue weighted by atomic mass is 9.93. The first-order valence-corrected chi connectivity index (χ1v) is 7.64. The van der Waals surface area contributed by atoms with Crippen molar-refractivity contribution in [2.45, 2.75) is 51.5 Å². The molecule has 1 aliphatic rings. The highest BCUT2D eigenvalue weighted by Crippen LogP contribution is 2.24. The molecule has 0 unspecified atom stereocenters. The molecule has 1 amide bonds. The van der Waals surface area contributed by atoms with Gasteiger partial charge in [0.2, 0.25) is 0 Å². The number of aromatic nitrogens is 2. The monoisotopic (exact) mass is 278 g/mol. The maximum absolute atomic E-state index is 12.8. The van der Waals surface area contributed by atoms with Gasteiger partial charge in [0.25, 0.3) is 5.91 Å². The normalized spacial score (nSPS) is 16.4. The third kappa shape index (κ3) is 3.20. The smallest absolute Gasteiger partial charge is 0.257 e. The van der Waals surface area contributed by atoms with E-state index in [9.17, 15) is 4.79 Å². The summed E-state index contributed by atoms with van der Waals surface area (Å²) in [6.45, 7) is 3.33. The van der Waals surface area contributed by atoms with Gasteiger partial charge in [0.15, 0.2) is 0 Å². The molecule has 1 aromatic heterocycles. The minimum absolute atomic E-state index is 0.121. The molecule has 0 radical (unpaired) electrons. The number of amides is 1. The fourth-order valence-electron chi connectivity index (χ4n) is 2.97. The summed E-state index contributed by atoms with van der Waals surface area (Å²) < 4.78 is 1.76. The van der Waals surface area contributed by atoms with Crippen molar-refractivity contribution in [2.24, 2.45) is 12.8 Å². The second kappa shape index (κ2) is 6.88. The molecule has 112 valence electrons. The predicted molar refractivity (Wildman–Crippen MR) is 79.5 cm³/mol. The van der Waals surface area contributed by atoms with Crippen molar-refractivity contribution in [3.8, 4) is 0 Å². The van der Waals surface area contributed by atoms with Crippen molar-refractivity contribution in [1.29, 1.82) is 0 Å². The summed E-state index contributed by atoms with van der Waals surface area (Å²) in [6.07, 6.45) is 8.54. The van der Waals surface area contributed by atoms with E-state index in [0.29, 0.717) is 12.6 Å². The molecule has 1 fully saturated rings. The topological polar surface area (TPSA) is 64.2 Å². The Morgan fingerprint density at radius 3 is 2.70 bits per heavy atom.